The molecular formula is C18H26N2O. The molecule has 0 bridgehead atoms. The Balaban J connectivity index is 1.69. The van der Waals surface area contributed by atoms with Crippen molar-refractivity contribution in [3.05, 3.63) is 35.4 Å². The molecule has 1 fully saturated rings. The Morgan fingerprint density at radius 3 is 2.52 bits per heavy atom. The summed E-state index contributed by atoms with van der Waals surface area (Å²) in [7, 11) is 0. The summed E-state index contributed by atoms with van der Waals surface area (Å²) in [4.78, 5) is 11.3. The number of nitrogens with two attached hydrogens (primary N) is 1. The lowest BCUT2D eigenvalue weighted by Crippen LogP contribution is -2.41. The van der Waals surface area contributed by atoms with Crippen molar-refractivity contribution in [3.63, 3.8) is 0 Å². The van der Waals surface area contributed by atoms with Gasteiger partial charge in [0, 0.05) is 18.0 Å². The fourth-order valence-electron chi connectivity index (χ4n) is 4.09. The van der Waals surface area contributed by atoms with E-state index in [1.807, 2.05) is 0 Å². The first kappa shape index (κ1) is 14.6. The standard InChI is InChI=1S/C18H26N2O/c1-18(2)11-13-5-3-4-6-15(13)16(18)20-14-9-7-12(8-10-14)17(19)21/h3-6,12,14,16,20H,7-11H2,1-2H3,(H2,19,21). The van der Waals surface area contributed by atoms with E-state index in [-0.39, 0.29) is 17.2 Å². The second-order valence-corrected chi connectivity index (χ2v) is 7.41. The molecule has 1 saturated carbocycles. The molecule has 0 aliphatic heterocycles. The zero-order chi connectivity index (χ0) is 15.0. The number of primary amides is 1. The highest BCUT2D eigenvalue weighted by Crippen LogP contribution is 2.45. The van der Waals surface area contributed by atoms with Gasteiger partial charge in [0.15, 0.2) is 0 Å². The van der Waals surface area contributed by atoms with E-state index in [2.05, 4.69) is 43.4 Å². The molecule has 0 saturated heterocycles. The largest absolute Gasteiger partial charge is 0.369 e. The summed E-state index contributed by atoms with van der Waals surface area (Å²) in [6.07, 6.45) is 5.12. The van der Waals surface area contributed by atoms with Gasteiger partial charge in [-0.1, -0.05) is 38.1 Å². The predicted octanol–water partition coefficient (Wildman–Crippen LogP) is 2.94. The Labute approximate surface area is 127 Å². The average Bonchev–Trinajstić information content (AvgIpc) is 2.70. The van der Waals surface area contributed by atoms with Crippen LogP contribution < -0.4 is 11.1 Å². The van der Waals surface area contributed by atoms with Crippen LogP contribution in [0.2, 0.25) is 0 Å². The molecule has 21 heavy (non-hydrogen) atoms. The molecule has 2 aliphatic carbocycles. The van der Waals surface area contributed by atoms with Crippen LogP contribution >= 0.6 is 0 Å². The topological polar surface area (TPSA) is 55.1 Å². The Morgan fingerprint density at radius 1 is 1.19 bits per heavy atom. The van der Waals surface area contributed by atoms with Gasteiger partial charge in [-0.15, -0.1) is 0 Å². The third-order valence-corrected chi connectivity index (χ3v) is 5.33. The highest BCUT2D eigenvalue weighted by Gasteiger charge is 2.40. The maximum absolute atomic E-state index is 11.3. The van der Waals surface area contributed by atoms with Crippen LogP contribution in [-0.4, -0.2) is 11.9 Å². The van der Waals surface area contributed by atoms with Gasteiger partial charge in [0.05, 0.1) is 0 Å². The average molecular weight is 286 g/mol. The number of fused-ring (bicyclic) bond motifs is 1. The molecule has 0 radical (unpaired) electrons. The van der Waals surface area contributed by atoms with Gasteiger partial charge in [-0.3, -0.25) is 4.79 Å². The first-order valence-corrected chi connectivity index (χ1v) is 8.10. The summed E-state index contributed by atoms with van der Waals surface area (Å²) in [5.74, 6) is -0.0353. The molecule has 1 aromatic carbocycles. The minimum atomic E-state index is -0.125. The summed E-state index contributed by atoms with van der Waals surface area (Å²) < 4.78 is 0. The number of carbonyl (C=O) groups is 1. The smallest absolute Gasteiger partial charge is 0.220 e. The summed E-state index contributed by atoms with van der Waals surface area (Å²) >= 11 is 0. The van der Waals surface area contributed by atoms with E-state index in [0.29, 0.717) is 12.1 Å². The first-order chi connectivity index (χ1) is 9.97. The van der Waals surface area contributed by atoms with E-state index in [1.165, 1.54) is 11.1 Å². The van der Waals surface area contributed by atoms with Crippen molar-refractivity contribution in [1.82, 2.24) is 5.32 Å². The van der Waals surface area contributed by atoms with Gasteiger partial charge in [-0.25, -0.2) is 0 Å². The minimum absolute atomic E-state index is 0.0897. The molecule has 1 aromatic rings. The van der Waals surface area contributed by atoms with E-state index >= 15 is 0 Å². The van der Waals surface area contributed by atoms with Crippen molar-refractivity contribution >= 4 is 5.91 Å². The summed E-state index contributed by atoms with van der Waals surface area (Å²) in [5, 5.41) is 3.87. The SMILES string of the molecule is CC1(C)Cc2ccccc2C1NC1CCC(C(N)=O)CC1. The molecule has 2 aliphatic rings. The van der Waals surface area contributed by atoms with E-state index in [0.717, 1.165) is 32.1 Å². The van der Waals surface area contributed by atoms with Gasteiger partial charge in [-0.05, 0) is 48.6 Å². The normalized spacial score (nSPS) is 30.9. The van der Waals surface area contributed by atoms with Crippen LogP contribution in [0.1, 0.15) is 56.7 Å². The van der Waals surface area contributed by atoms with Crippen molar-refractivity contribution in [3.8, 4) is 0 Å². The fraction of sp³-hybridized carbons (Fsp3) is 0.611. The number of rotatable bonds is 3. The monoisotopic (exact) mass is 286 g/mol. The van der Waals surface area contributed by atoms with Crippen molar-refractivity contribution in [2.24, 2.45) is 17.1 Å². The van der Waals surface area contributed by atoms with Crippen molar-refractivity contribution in [1.29, 1.82) is 0 Å². The predicted molar refractivity (Wildman–Crippen MR) is 84.7 cm³/mol. The van der Waals surface area contributed by atoms with E-state index < -0.39 is 0 Å². The Morgan fingerprint density at radius 2 is 1.86 bits per heavy atom. The van der Waals surface area contributed by atoms with Crippen LogP contribution in [0.25, 0.3) is 0 Å². The Hall–Kier alpha value is -1.35. The van der Waals surface area contributed by atoms with Gasteiger partial charge in [0.1, 0.15) is 0 Å². The molecule has 1 atom stereocenters. The number of hydrogen-bond donors (Lipinski definition) is 2. The van der Waals surface area contributed by atoms with Crippen molar-refractivity contribution in [2.45, 2.75) is 58.0 Å². The molecule has 3 nitrogen and oxygen atoms in total. The van der Waals surface area contributed by atoms with E-state index in [4.69, 9.17) is 5.73 Å². The molecule has 3 heteroatoms. The summed E-state index contributed by atoms with van der Waals surface area (Å²) in [5.41, 5.74) is 8.61. The number of hydrogen-bond acceptors (Lipinski definition) is 2. The highest BCUT2D eigenvalue weighted by molar-refractivity contribution is 5.76. The highest BCUT2D eigenvalue weighted by atomic mass is 16.1. The minimum Gasteiger partial charge on any atom is -0.369 e. The molecular weight excluding hydrogens is 260 g/mol. The zero-order valence-electron chi connectivity index (χ0n) is 13.1. The lowest BCUT2D eigenvalue weighted by molar-refractivity contribution is -0.122. The maximum atomic E-state index is 11.3. The number of amides is 1. The summed E-state index contributed by atoms with van der Waals surface area (Å²) in [6.45, 7) is 4.69. The molecule has 3 N–H and O–H groups in total. The molecule has 1 unspecified atom stereocenters. The first-order valence-electron chi connectivity index (χ1n) is 8.10. The lowest BCUT2D eigenvalue weighted by atomic mass is 9.82. The number of nitrogens with one attached hydrogen (secondary N) is 1. The van der Waals surface area contributed by atoms with Crippen LogP contribution in [-0.2, 0) is 11.2 Å². The molecule has 1 amide bonds. The number of carbonyl (C=O) groups excluding carboxylic acids is 1. The van der Waals surface area contributed by atoms with Crippen molar-refractivity contribution < 1.29 is 4.79 Å². The Bertz CT molecular complexity index is 530. The molecule has 0 heterocycles. The second-order valence-electron chi connectivity index (χ2n) is 7.41. The number of benzene rings is 1. The van der Waals surface area contributed by atoms with Crippen molar-refractivity contribution in [2.75, 3.05) is 0 Å². The molecule has 0 spiro atoms. The third kappa shape index (κ3) is 2.84. The molecule has 0 aromatic heterocycles. The second kappa shape index (κ2) is 5.45. The van der Waals surface area contributed by atoms with Gasteiger partial charge < -0.3 is 11.1 Å². The van der Waals surface area contributed by atoms with E-state index in [9.17, 15) is 4.79 Å². The van der Waals surface area contributed by atoms with Gasteiger partial charge in [0.2, 0.25) is 5.91 Å². The quantitative estimate of drug-likeness (QED) is 0.897. The molecule has 114 valence electrons. The maximum Gasteiger partial charge on any atom is 0.220 e. The Kier molecular flexibility index (Phi) is 3.78. The van der Waals surface area contributed by atoms with Crippen LogP contribution in [0.4, 0.5) is 0 Å². The molecule has 3 rings (SSSR count). The zero-order valence-corrected chi connectivity index (χ0v) is 13.1. The van der Waals surface area contributed by atoms with Gasteiger partial charge >= 0.3 is 0 Å². The van der Waals surface area contributed by atoms with Gasteiger partial charge in [-0.2, -0.15) is 0 Å². The van der Waals surface area contributed by atoms with Crippen LogP contribution in [0.15, 0.2) is 24.3 Å². The van der Waals surface area contributed by atoms with E-state index in [1.54, 1.807) is 0 Å². The summed E-state index contributed by atoms with van der Waals surface area (Å²) in [6, 6.07) is 9.72. The van der Waals surface area contributed by atoms with Crippen LogP contribution in [0.5, 0.6) is 0 Å². The van der Waals surface area contributed by atoms with Crippen LogP contribution in [0, 0.1) is 11.3 Å². The van der Waals surface area contributed by atoms with Crippen LogP contribution in [0.3, 0.4) is 0 Å². The van der Waals surface area contributed by atoms with Gasteiger partial charge in [0.25, 0.3) is 0 Å². The third-order valence-electron chi connectivity index (χ3n) is 5.33. The lowest BCUT2D eigenvalue weighted by Gasteiger charge is -2.35. The fourth-order valence-corrected chi connectivity index (χ4v) is 4.09.